The topological polar surface area (TPSA) is 62.5 Å². The van der Waals surface area contributed by atoms with Gasteiger partial charge in [0.15, 0.2) is 0 Å². The van der Waals surface area contributed by atoms with Crippen molar-refractivity contribution in [3.8, 4) is 0 Å². The molecule has 4 rings (SSSR count). The van der Waals surface area contributed by atoms with Gasteiger partial charge in [-0.3, -0.25) is 0 Å². The molecule has 0 unspecified atom stereocenters. The Hall–Kier alpha value is -2.41. The number of nitrogens with one attached hydrogen (secondary N) is 1. The molecule has 6 nitrogen and oxygen atoms in total. The summed E-state index contributed by atoms with van der Waals surface area (Å²) >= 11 is 1.63. The lowest BCUT2D eigenvalue weighted by molar-refractivity contribution is 0.151. The van der Waals surface area contributed by atoms with Crippen molar-refractivity contribution in [2.45, 2.75) is 31.7 Å². The molecule has 1 atom stereocenters. The van der Waals surface area contributed by atoms with Gasteiger partial charge >= 0.3 is 6.03 Å². The summed E-state index contributed by atoms with van der Waals surface area (Å²) in [4.78, 5) is 23.5. The summed E-state index contributed by atoms with van der Waals surface area (Å²) in [7, 11) is 0. The summed E-state index contributed by atoms with van der Waals surface area (Å²) in [6, 6.07) is 6.06. The molecule has 0 aliphatic carbocycles. The van der Waals surface area contributed by atoms with Crippen LogP contribution in [0.2, 0.25) is 0 Å². The molecule has 1 aliphatic rings. The minimum Gasteiger partial charge on any atom is -0.338 e. The number of hydrogen-bond acceptors (Lipinski definition) is 4. The molecule has 1 saturated heterocycles. The van der Waals surface area contributed by atoms with Crippen molar-refractivity contribution in [2.75, 3.05) is 13.1 Å². The minimum absolute atomic E-state index is 0.00339. The van der Waals surface area contributed by atoms with E-state index in [1.165, 1.54) is 0 Å². The second-order valence-electron chi connectivity index (χ2n) is 6.26. The zero-order chi connectivity index (χ0) is 17.1. The highest BCUT2D eigenvalue weighted by atomic mass is 32.1. The van der Waals surface area contributed by atoms with Crippen molar-refractivity contribution in [1.82, 2.24) is 24.6 Å². The molecular formula is C18H21N5OS. The van der Waals surface area contributed by atoms with Gasteiger partial charge in [0.1, 0.15) is 10.7 Å². The van der Waals surface area contributed by atoms with E-state index < -0.39 is 0 Å². The van der Waals surface area contributed by atoms with Crippen LogP contribution in [0.3, 0.4) is 0 Å². The van der Waals surface area contributed by atoms with Gasteiger partial charge in [0.25, 0.3) is 0 Å². The summed E-state index contributed by atoms with van der Waals surface area (Å²) < 4.78 is 2.00. The number of pyridine rings is 1. The fraction of sp³-hybridized carbons (Fsp3) is 0.389. The van der Waals surface area contributed by atoms with E-state index in [2.05, 4.69) is 15.3 Å². The first kappa shape index (κ1) is 16.1. The molecule has 3 aromatic heterocycles. The molecule has 0 spiro atoms. The third-order valence-corrected chi connectivity index (χ3v) is 5.45. The van der Waals surface area contributed by atoms with Gasteiger partial charge in [-0.05, 0) is 31.4 Å². The van der Waals surface area contributed by atoms with Crippen molar-refractivity contribution in [3.63, 3.8) is 0 Å². The van der Waals surface area contributed by atoms with Crippen LogP contribution in [0.15, 0.2) is 42.2 Å². The fourth-order valence-electron chi connectivity index (χ4n) is 3.34. The standard InChI is InChI=1S/C18H21N5OS/c24-18(23-11-4-1-5-15(23)17-19-9-12-25-17)20-8-7-14-13-22-10-3-2-6-16(22)21-14/h2-3,6,9-10,12-13,15H,1,4-5,7-8,11H2,(H,20,24)/t15-/m1/s1. The van der Waals surface area contributed by atoms with Crippen LogP contribution in [-0.4, -0.2) is 38.4 Å². The number of carbonyl (C=O) groups excluding carboxylic acids is 1. The lowest BCUT2D eigenvalue weighted by Crippen LogP contribution is -2.45. The van der Waals surface area contributed by atoms with E-state index >= 15 is 0 Å². The van der Waals surface area contributed by atoms with Crippen molar-refractivity contribution in [1.29, 1.82) is 0 Å². The highest BCUT2D eigenvalue weighted by Gasteiger charge is 2.29. The van der Waals surface area contributed by atoms with E-state index in [-0.39, 0.29) is 12.1 Å². The Balaban J connectivity index is 1.36. The summed E-state index contributed by atoms with van der Waals surface area (Å²) in [6.45, 7) is 1.38. The van der Waals surface area contributed by atoms with E-state index in [0.717, 1.165) is 48.6 Å². The van der Waals surface area contributed by atoms with Gasteiger partial charge in [-0.15, -0.1) is 11.3 Å². The van der Waals surface area contributed by atoms with Gasteiger partial charge < -0.3 is 14.6 Å². The number of carbonyl (C=O) groups is 1. The van der Waals surface area contributed by atoms with E-state index in [4.69, 9.17) is 0 Å². The second kappa shape index (κ2) is 7.23. The van der Waals surface area contributed by atoms with Gasteiger partial charge in [0.2, 0.25) is 0 Å². The maximum Gasteiger partial charge on any atom is 0.318 e. The number of nitrogens with zero attached hydrogens (tertiary/aromatic N) is 4. The van der Waals surface area contributed by atoms with Crippen LogP contribution < -0.4 is 5.32 Å². The van der Waals surface area contributed by atoms with Crippen LogP contribution in [0.5, 0.6) is 0 Å². The quantitative estimate of drug-likeness (QED) is 0.781. The smallest absolute Gasteiger partial charge is 0.318 e. The molecule has 1 N–H and O–H groups in total. The maximum atomic E-state index is 12.6. The van der Waals surface area contributed by atoms with Crippen LogP contribution >= 0.6 is 11.3 Å². The van der Waals surface area contributed by atoms with Crippen LogP contribution in [-0.2, 0) is 6.42 Å². The maximum absolute atomic E-state index is 12.6. The molecular weight excluding hydrogens is 334 g/mol. The van der Waals surface area contributed by atoms with E-state index in [1.807, 2.05) is 51.5 Å². The van der Waals surface area contributed by atoms with Crippen LogP contribution in [0.1, 0.15) is 36.0 Å². The molecule has 0 radical (unpaired) electrons. The molecule has 2 amide bonds. The number of imidazole rings is 1. The van der Waals surface area contributed by atoms with Crippen molar-refractivity contribution in [2.24, 2.45) is 0 Å². The lowest BCUT2D eigenvalue weighted by atomic mass is 10.0. The Morgan fingerprint density at radius 2 is 2.32 bits per heavy atom. The molecule has 1 fully saturated rings. The largest absolute Gasteiger partial charge is 0.338 e. The molecule has 0 aromatic carbocycles. The summed E-state index contributed by atoms with van der Waals surface area (Å²) in [5.41, 5.74) is 1.92. The number of aromatic nitrogens is 3. The van der Waals surface area contributed by atoms with Gasteiger partial charge in [0.05, 0.1) is 11.7 Å². The highest BCUT2D eigenvalue weighted by molar-refractivity contribution is 7.09. The first-order chi connectivity index (χ1) is 12.3. The second-order valence-corrected chi connectivity index (χ2v) is 7.18. The monoisotopic (exact) mass is 355 g/mol. The van der Waals surface area contributed by atoms with Crippen LogP contribution in [0.25, 0.3) is 5.65 Å². The Kier molecular flexibility index (Phi) is 4.65. The number of likely N-dealkylation sites (tertiary alicyclic amines) is 1. The average Bonchev–Trinajstić information content (AvgIpc) is 3.31. The average molecular weight is 355 g/mol. The Morgan fingerprint density at radius 1 is 1.36 bits per heavy atom. The number of thiazole rings is 1. The summed E-state index contributed by atoms with van der Waals surface area (Å²) in [5, 5.41) is 6.06. The molecule has 130 valence electrons. The molecule has 25 heavy (non-hydrogen) atoms. The van der Waals surface area contributed by atoms with Crippen molar-refractivity contribution >= 4 is 23.0 Å². The Labute approximate surface area is 150 Å². The van der Waals surface area contributed by atoms with Crippen molar-refractivity contribution in [3.05, 3.63) is 52.9 Å². The first-order valence-corrected chi connectivity index (χ1v) is 9.56. The number of urea groups is 1. The van der Waals surface area contributed by atoms with Gasteiger partial charge in [0, 0.05) is 43.5 Å². The minimum atomic E-state index is 0.00339. The molecule has 7 heteroatoms. The molecule has 3 aromatic rings. The van der Waals surface area contributed by atoms with Gasteiger partial charge in [-0.1, -0.05) is 6.07 Å². The van der Waals surface area contributed by atoms with Gasteiger partial charge in [-0.2, -0.15) is 0 Å². The normalized spacial score (nSPS) is 17.8. The van der Waals surface area contributed by atoms with Gasteiger partial charge in [-0.25, -0.2) is 14.8 Å². The summed E-state index contributed by atoms with van der Waals surface area (Å²) in [6.07, 6.45) is 9.74. The zero-order valence-corrected chi connectivity index (χ0v) is 14.8. The molecule has 4 heterocycles. The fourth-order valence-corrected chi connectivity index (χ4v) is 4.12. The van der Waals surface area contributed by atoms with E-state index in [9.17, 15) is 4.79 Å². The number of fused-ring (bicyclic) bond motifs is 1. The Bertz CT molecular complexity index is 811. The van der Waals surface area contributed by atoms with Crippen molar-refractivity contribution < 1.29 is 4.79 Å². The molecule has 0 saturated carbocycles. The SMILES string of the molecule is O=C(NCCc1cn2ccccc2n1)N1CCCC[C@@H]1c1nccs1. The third-order valence-electron chi connectivity index (χ3n) is 4.57. The summed E-state index contributed by atoms with van der Waals surface area (Å²) in [5.74, 6) is 0. The number of piperidine rings is 1. The predicted octanol–water partition coefficient (Wildman–Crippen LogP) is 3.27. The van der Waals surface area contributed by atoms with Crippen LogP contribution in [0, 0.1) is 0 Å². The predicted molar refractivity (Wildman–Crippen MR) is 97.7 cm³/mol. The number of amides is 2. The van der Waals surface area contributed by atoms with E-state index in [1.54, 1.807) is 11.3 Å². The third kappa shape index (κ3) is 3.51. The zero-order valence-electron chi connectivity index (χ0n) is 14.0. The Morgan fingerprint density at radius 3 is 3.16 bits per heavy atom. The number of hydrogen-bond donors (Lipinski definition) is 1. The molecule has 1 aliphatic heterocycles. The molecule has 0 bridgehead atoms. The van der Waals surface area contributed by atoms with Crippen LogP contribution in [0.4, 0.5) is 4.79 Å². The number of rotatable bonds is 4. The highest BCUT2D eigenvalue weighted by Crippen LogP contribution is 2.31. The van der Waals surface area contributed by atoms with E-state index in [0.29, 0.717) is 6.54 Å². The lowest BCUT2D eigenvalue weighted by Gasteiger charge is -2.34. The first-order valence-electron chi connectivity index (χ1n) is 8.68.